The Labute approximate surface area is 142 Å². The van der Waals surface area contributed by atoms with Crippen molar-refractivity contribution in [2.75, 3.05) is 0 Å². The Balaban J connectivity index is 0.000000697. The number of alkyl halides is 3. The first-order valence-corrected chi connectivity index (χ1v) is 7.25. The van der Waals surface area contributed by atoms with E-state index in [1.165, 1.54) is 6.92 Å². The van der Waals surface area contributed by atoms with Gasteiger partial charge in [-0.1, -0.05) is 18.2 Å². The van der Waals surface area contributed by atoms with Crippen LogP contribution in [0.2, 0.25) is 0 Å². The van der Waals surface area contributed by atoms with E-state index >= 15 is 0 Å². The molecule has 0 bridgehead atoms. The number of carbonyl (C=O) groups excluding carboxylic acids is 1. The highest BCUT2D eigenvalue weighted by Gasteiger charge is 2.39. The van der Waals surface area contributed by atoms with Crippen molar-refractivity contribution in [1.29, 1.82) is 0 Å². The maximum absolute atomic E-state index is 11.1. The van der Waals surface area contributed by atoms with Gasteiger partial charge < -0.3 is 15.5 Å². The average molecular weight is 366 g/mol. The molecule has 0 saturated carbocycles. The van der Waals surface area contributed by atoms with Crippen LogP contribution in [0.5, 0.6) is 0 Å². The number of carboxylic acid groups (broad SMARTS) is 2. The van der Waals surface area contributed by atoms with Gasteiger partial charge in [0, 0.05) is 13.0 Å². The zero-order valence-electron chi connectivity index (χ0n) is 13.7. The zero-order chi connectivity index (χ0) is 19.8. The molecule has 0 aromatic heterocycles. The Morgan fingerprint density at radius 2 is 1.84 bits per heavy atom. The number of nitrogens with one attached hydrogen (secondary N) is 2. The number of amides is 1. The number of carbonyl (C=O) groups is 3. The lowest BCUT2D eigenvalue weighted by Crippen LogP contribution is -2.50. The molecule has 4 atom stereocenters. The standard InChI is InChI=1S/C13H20N2O3.C2HF3O2/c1-4-6-9-7-11(13(17)18)15-12(9)10(5-2)14-8(3)16;3-2(4,5)1(6)7/h4-6,9-12,15H,2,7H2,1,3H3,(H,14,16)(H,17,18);(H,6,7)/b6-4-;/t9-,10+,11-,12-;/m1./s1. The van der Waals surface area contributed by atoms with Gasteiger partial charge in [0.25, 0.3) is 0 Å². The van der Waals surface area contributed by atoms with Gasteiger partial charge in [-0.25, -0.2) is 4.79 Å². The fourth-order valence-corrected chi connectivity index (χ4v) is 2.36. The Bertz CT molecular complexity index is 534. The van der Waals surface area contributed by atoms with Crippen LogP contribution in [0.1, 0.15) is 20.3 Å². The first-order valence-electron chi connectivity index (χ1n) is 7.25. The second-order valence-electron chi connectivity index (χ2n) is 5.27. The Hall–Kier alpha value is -2.36. The van der Waals surface area contributed by atoms with Crippen molar-refractivity contribution < 1.29 is 37.8 Å². The summed E-state index contributed by atoms with van der Waals surface area (Å²) in [5.41, 5.74) is 0. The third-order valence-corrected chi connectivity index (χ3v) is 3.35. The fourth-order valence-electron chi connectivity index (χ4n) is 2.36. The number of rotatable bonds is 5. The highest BCUT2D eigenvalue weighted by atomic mass is 19.4. The van der Waals surface area contributed by atoms with E-state index in [-0.39, 0.29) is 23.9 Å². The van der Waals surface area contributed by atoms with E-state index < -0.39 is 24.2 Å². The molecular formula is C15H21F3N2O5. The van der Waals surface area contributed by atoms with E-state index in [1.54, 1.807) is 6.08 Å². The Morgan fingerprint density at radius 1 is 1.32 bits per heavy atom. The highest BCUT2D eigenvalue weighted by molar-refractivity contribution is 5.75. The van der Waals surface area contributed by atoms with E-state index in [1.807, 2.05) is 19.1 Å². The van der Waals surface area contributed by atoms with Crippen molar-refractivity contribution in [1.82, 2.24) is 10.6 Å². The molecule has 1 amide bonds. The van der Waals surface area contributed by atoms with E-state index in [2.05, 4.69) is 17.2 Å². The first kappa shape index (κ1) is 22.6. The highest BCUT2D eigenvalue weighted by Crippen LogP contribution is 2.25. The number of aliphatic carboxylic acids is 2. The van der Waals surface area contributed by atoms with Gasteiger partial charge in [-0.3, -0.25) is 14.9 Å². The molecule has 1 fully saturated rings. The van der Waals surface area contributed by atoms with Crippen LogP contribution in [0.25, 0.3) is 0 Å². The van der Waals surface area contributed by atoms with E-state index in [9.17, 15) is 22.8 Å². The summed E-state index contributed by atoms with van der Waals surface area (Å²) >= 11 is 0. The van der Waals surface area contributed by atoms with Crippen LogP contribution >= 0.6 is 0 Å². The molecule has 142 valence electrons. The lowest BCUT2D eigenvalue weighted by Gasteiger charge is -2.25. The third kappa shape index (κ3) is 7.84. The minimum atomic E-state index is -5.08. The van der Waals surface area contributed by atoms with Crippen LogP contribution in [0.15, 0.2) is 24.8 Å². The molecule has 1 heterocycles. The third-order valence-electron chi connectivity index (χ3n) is 3.35. The summed E-state index contributed by atoms with van der Waals surface area (Å²) in [7, 11) is 0. The van der Waals surface area contributed by atoms with Crippen LogP contribution in [0, 0.1) is 5.92 Å². The molecule has 7 nitrogen and oxygen atoms in total. The van der Waals surface area contributed by atoms with E-state index in [0.29, 0.717) is 6.42 Å². The van der Waals surface area contributed by atoms with Crippen molar-refractivity contribution in [2.24, 2.45) is 5.92 Å². The Kier molecular flexibility index (Phi) is 8.89. The van der Waals surface area contributed by atoms with Gasteiger partial charge in [0.05, 0.1) is 6.04 Å². The summed E-state index contributed by atoms with van der Waals surface area (Å²) in [4.78, 5) is 31.1. The minimum Gasteiger partial charge on any atom is -0.480 e. The predicted octanol–water partition coefficient (Wildman–Crippen LogP) is 1.32. The van der Waals surface area contributed by atoms with Crippen molar-refractivity contribution in [2.45, 2.75) is 44.6 Å². The average Bonchev–Trinajstić information content (AvgIpc) is 2.88. The summed E-state index contributed by atoms with van der Waals surface area (Å²) in [5.74, 6) is -3.70. The van der Waals surface area contributed by atoms with E-state index in [0.717, 1.165) is 0 Å². The number of halogens is 3. The van der Waals surface area contributed by atoms with Crippen LogP contribution in [0.4, 0.5) is 13.2 Å². The largest absolute Gasteiger partial charge is 0.490 e. The molecule has 0 aromatic carbocycles. The molecule has 1 aliphatic rings. The van der Waals surface area contributed by atoms with Gasteiger partial charge in [0.1, 0.15) is 6.04 Å². The summed E-state index contributed by atoms with van der Waals surface area (Å²) in [6.07, 6.45) is 0.949. The normalized spacial score (nSPS) is 24.1. The molecule has 10 heteroatoms. The van der Waals surface area contributed by atoms with Crippen molar-refractivity contribution in [3.8, 4) is 0 Å². The predicted molar refractivity (Wildman–Crippen MR) is 82.8 cm³/mol. The summed E-state index contributed by atoms with van der Waals surface area (Å²) < 4.78 is 31.7. The van der Waals surface area contributed by atoms with Crippen LogP contribution < -0.4 is 10.6 Å². The quantitative estimate of drug-likeness (QED) is 0.546. The monoisotopic (exact) mass is 366 g/mol. The lowest BCUT2D eigenvalue weighted by molar-refractivity contribution is -0.192. The Morgan fingerprint density at radius 3 is 2.16 bits per heavy atom. The van der Waals surface area contributed by atoms with Crippen molar-refractivity contribution >= 4 is 17.8 Å². The second-order valence-corrected chi connectivity index (χ2v) is 5.27. The van der Waals surface area contributed by atoms with Gasteiger partial charge in [-0.05, 0) is 19.3 Å². The second kappa shape index (κ2) is 9.82. The van der Waals surface area contributed by atoms with E-state index in [4.69, 9.17) is 15.0 Å². The molecule has 1 rings (SSSR count). The maximum atomic E-state index is 11.1. The lowest BCUT2D eigenvalue weighted by atomic mass is 9.93. The number of hydrogen-bond acceptors (Lipinski definition) is 4. The number of hydrogen-bond donors (Lipinski definition) is 4. The summed E-state index contributed by atoms with van der Waals surface area (Å²) in [6, 6.07) is -0.982. The molecule has 0 unspecified atom stereocenters. The van der Waals surface area contributed by atoms with Gasteiger partial charge in [0.2, 0.25) is 5.91 Å². The van der Waals surface area contributed by atoms with Gasteiger partial charge in [-0.2, -0.15) is 13.2 Å². The molecule has 0 aliphatic carbocycles. The van der Waals surface area contributed by atoms with Gasteiger partial charge >= 0.3 is 18.1 Å². The fraction of sp³-hybridized carbons (Fsp3) is 0.533. The van der Waals surface area contributed by atoms with Gasteiger partial charge in [0.15, 0.2) is 0 Å². The molecule has 0 radical (unpaired) electrons. The number of allylic oxidation sites excluding steroid dienone is 1. The molecule has 0 spiro atoms. The molecule has 1 saturated heterocycles. The molecule has 1 aliphatic heterocycles. The first-order chi connectivity index (χ1) is 11.4. The van der Waals surface area contributed by atoms with Crippen LogP contribution in [-0.4, -0.2) is 52.4 Å². The summed E-state index contributed by atoms with van der Waals surface area (Å²) in [6.45, 7) is 7.03. The summed E-state index contributed by atoms with van der Waals surface area (Å²) in [5, 5.41) is 22.0. The molecule has 25 heavy (non-hydrogen) atoms. The maximum Gasteiger partial charge on any atom is 0.490 e. The smallest absolute Gasteiger partial charge is 0.480 e. The number of carboxylic acids is 2. The van der Waals surface area contributed by atoms with Crippen molar-refractivity contribution in [3.05, 3.63) is 24.8 Å². The van der Waals surface area contributed by atoms with Gasteiger partial charge in [-0.15, -0.1) is 6.58 Å². The SMILES string of the molecule is C=C[C@H](NC(C)=O)[C@@H]1N[C@@H](C(=O)O)C[C@H]1/C=C\C.O=C(O)C(F)(F)F. The van der Waals surface area contributed by atoms with Crippen LogP contribution in [0.3, 0.4) is 0 Å². The van der Waals surface area contributed by atoms with Crippen molar-refractivity contribution in [3.63, 3.8) is 0 Å². The zero-order valence-corrected chi connectivity index (χ0v) is 13.7. The van der Waals surface area contributed by atoms with Crippen LogP contribution in [-0.2, 0) is 14.4 Å². The molecule has 4 N–H and O–H groups in total. The molecule has 0 aromatic rings. The topological polar surface area (TPSA) is 116 Å². The molecular weight excluding hydrogens is 345 g/mol. The minimum absolute atomic E-state index is 0.0750.